The predicted octanol–water partition coefficient (Wildman–Crippen LogP) is 4.71. The van der Waals surface area contributed by atoms with Crippen molar-refractivity contribution in [3.8, 4) is 0 Å². The molecule has 1 N–H and O–H groups in total. The molecule has 1 unspecified atom stereocenters. The van der Waals surface area contributed by atoms with Crippen LogP contribution < -0.4 is 0 Å². The van der Waals surface area contributed by atoms with E-state index in [1.54, 1.807) is 12.3 Å². The summed E-state index contributed by atoms with van der Waals surface area (Å²) in [6, 6.07) is 15.3. The average Bonchev–Trinajstić information content (AvgIpc) is 2.66. The molecule has 4 nitrogen and oxygen atoms in total. The third-order valence-electron chi connectivity index (χ3n) is 4.70. The molecule has 0 aliphatic heterocycles. The molecule has 0 fully saturated rings. The predicted molar refractivity (Wildman–Crippen MR) is 107 cm³/mol. The molecule has 0 bridgehead atoms. The van der Waals surface area contributed by atoms with Gasteiger partial charge in [-0.25, -0.2) is 14.4 Å². The van der Waals surface area contributed by atoms with Gasteiger partial charge in [-0.2, -0.15) is 0 Å². The molecule has 0 spiro atoms. The Bertz CT molecular complexity index is 956. The molecule has 0 saturated heterocycles. The van der Waals surface area contributed by atoms with E-state index in [1.165, 1.54) is 6.21 Å². The lowest BCUT2D eigenvalue weighted by Crippen LogP contribution is -2.40. The van der Waals surface area contributed by atoms with Crippen molar-refractivity contribution in [3.63, 3.8) is 0 Å². The standard InChI is InChI=1S/C22H24FN3O/c1-16-24-12-18-19(10-7-11-20(18)26-16)25-15-22(27,14-23)13-21(2,3)17-8-5-4-6-9-17/h4-12,15,27H,13-14H2,1-3H3. The molecule has 0 saturated carbocycles. The normalized spacial score (nSPS) is 14.6. The first kappa shape index (κ1) is 19.1. The summed E-state index contributed by atoms with van der Waals surface area (Å²) in [7, 11) is 0. The van der Waals surface area contributed by atoms with Crippen LogP contribution >= 0.6 is 0 Å². The van der Waals surface area contributed by atoms with E-state index in [9.17, 15) is 9.50 Å². The first-order valence-corrected chi connectivity index (χ1v) is 8.94. The highest BCUT2D eigenvalue weighted by molar-refractivity contribution is 5.91. The Morgan fingerprint density at radius 1 is 1.11 bits per heavy atom. The van der Waals surface area contributed by atoms with Crippen LogP contribution in [0.5, 0.6) is 0 Å². The Morgan fingerprint density at radius 3 is 2.56 bits per heavy atom. The van der Waals surface area contributed by atoms with E-state index in [4.69, 9.17) is 0 Å². The number of alkyl halides is 1. The molecule has 5 heteroatoms. The topological polar surface area (TPSA) is 58.4 Å². The zero-order chi connectivity index (χ0) is 19.5. The van der Waals surface area contributed by atoms with Gasteiger partial charge in [0.2, 0.25) is 0 Å². The lowest BCUT2D eigenvalue weighted by Gasteiger charge is -2.32. The first-order valence-electron chi connectivity index (χ1n) is 8.94. The molecule has 0 radical (unpaired) electrons. The van der Waals surface area contributed by atoms with Gasteiger partial charge in [-0.1, -0.05) is 50.2 Å². The highest BCUT2D eigenvalue weighted by atomic mass is 19.1. The smallest absolute Gasteiger partial charge is 0.129 e. The van der Waals surface area contributed by atoms with Gasteiger partial charge in [-0.05, 0) is 36.5 Å². The monoisotopic (exact) mass is 365 g/mol. The molecule has 3 rings (SSSR count). The van der Waals surface area contributed by atoms with Crippen molar-refractivity contribution in [2.75, 3.05) is 6.67 Å². The van der Waals surface area contributed by atoms with Crippen molar-refractivity contribution < 1.29 is 9.50 Å². The van der Waals surface area contributed by atoms with Crippen molar-refractivity contribution in [2.45, 2.75) is 38.2 Å². The molecule has 2 aromatic carbocycles. The van der Waals surface area contributed by atoms with Gasteiger partial charge < -0.3 is 5.11 Å². The number of rotatable bonds is 6. The number of fused-ring (bicyclic) bond motifs is 1. The van der Waals surface area contributed by atoms with Crippen molar-refractivity contribution in [2.24, 2.45) is 4.99 Å². The third kappa shape index (κ3) is 4.37. The fraction of sp³-hybridized carbons (Fsp3) is 0.318. The van der Waals surface area contributed by atoms with Crippen LogP contribution in [0.4, 0.5) is 10.1 Å². The molecule has 0 aliphatic rings. The number of aromatic nitrogens is 2. The van der Waals surface area contributed by atoms with E-state index in [0.29, 0.717) is 11.5 Å². The summed E-state index contributed by atoms with van der Waals surface area (Å²) in [6.45, 7) is 4.90. The highest BCUT2D eigenvalue weighted by Gasteiger charge is 2.34. The summed E-state index contributed by atoms with van der Waals surface area (Å²) in [5, 5.41) is 11.6. The number of aliphatic hydroxyl groups is 1. The van der Waals surface area contributed by atoms with Crippen molar-refractivity contribution in [3.05, 3.63) is 66.1 Å². The third-order valence-corrected chi connectivity index (χ3v) is 4.70. The Hall–Kier alpha value is -2.66. The Morgan fingerprint density at radius 2 is 1.85 bits per heavy atom. The van der Waals surface area contributed by atoms with Crippen LogP contribution in [-0.2, 0) is 5.41 Å². The van der Waals surface area contributed by atoms with Crippen LogP contribution in [0.1, 0.15) is 31.7 Å². The second-order valence-corrected chi connectivity index (χ2v) is 7.55. The van der Waals surface area contributed by atoms with Crippen molar-refractivity contribution >= 4 is 22.8 Å². The van der Waals surface area contributed by atoms with Gasteiger partial charge in [0.25, 0.3) is 0 Å². The molecule has 3 aromatic rings. The zero-order valence-electron chi connectivity index (χ0n) is 15.9. The highest BCUT2D eigenvalue weighted by Crippen LogP contribution is 2.33. The number of hydrogen-bond donors (Lipinski definition) is 1. The van der Waals surface area contributed by atoms with Gasteiger partial charge in [0.15, 0.2) is 0 Å². The Labute approximate surface area is 158 Å². The van der Waals surface area contributed by atoms with Gasteiger partial charge in [-0.3, -0.25) is 4.99 Å². The van der Waals surface area contributed by atoms with Crippen LogP contribution in [0, 0.1) is 6.92 Å². The largest absolute Gasteiger partial charge is 0.381 e. The van der Waals surface area contributed by atoms with Crippen LogP contribution in [0.2, 0.25) is 0 Å². The first-order chi connectivity index (χ1) is 12.8. The van der Waals surface area contributed by atoms with Gasteiger partial charge >= 0.3 is 0 Å². The quantitative estimate of drug-likeness (QED) is 0.644. The van der Waals surface area contributed by atoms with Crippen LogP contribution in [-0.4, -0.2) is 33.6 Å². The molecule has 140 valence electrons. The molecule has 0 aliphatic carbocycles. The summed E-state index contributed by atoms with van der Waals surface area (Å²) in [5.74, 6) is 0.675. The minimum absolute atomic E-state index is 0.213. The minimum Gasteiger partial charge on any atom is -0.381 e. The lowest BCUT2D eigenvalue weighted by atomic mass is 9.76. The number of nitrogens with zero attached hydrogens (tertiary/aromatic N) is 3. The lowest BCUT2D eigenvalue weighted by molar-refractivity contribution is 0.0584. The van der Waals surface area contributed by atoms with E-state index in [1.807, 2.05) is 63.2 Å². The maximum Gasteiger partial charge on any atom is 0.129 e. The van der Waals surface area contributed by atoms with E-state index < -0.39 is 17.7 Å². The summed E-state index contributed by atoms with van der Waals surface area (Å²) in [5.41, 5.74) is 0.349. The number of halogens is 1. The van der Waals surface area contributed by atoms with Gasteiger partial charge in [0.1, 0.15) is 18.1 Å². The number of aryl methyl sites for hydroxylation is 1. The number of aliphatic imine (C=N–C) groups is 1. The summed E-state index contributed by atoms with van der Waals surface area (Å²) < 4.78 is 13.8. The SMILES string of the molecule is Cc1ncc2c(N=CC(O)(CF)CC(C)(C)c3ccccc3)cccc2n1. The molecular formula is C22H24FN3O. The van der Waals surface area contributed by atoms with E-state index >= 15 is 0 Å². The van der Waals surface area contributed by atoms with Gasteiger partial charge in [0.05, 0.1) is 11.2 Å². The summed E-state index contributed by atoms with van der Waals surface area (Å²) in [6.07, 6.45) is 3.23. The minimum atomic E-state index is -1.66. The second-order valence-electron chi connectivity index (χ2n) is 7.55. The van der Waals surface area contributed by atoms with E-state index in [2.05, 4.69) is 15.0 Å². The molecule has 0 amide bonds. The second kappa shape index (κ2) is 7.53. The maximum absolute atomic E-state index is 13.8. The maximum atomic E-state index is 13.8. The van der Waals surface area contributed by atoms with E-state index in [-0.39, 0.29) is 6.42 Å². The fourth-order valence-corrected chi connectivity index (χ4v) is 3.32. The van der Waals surface area contributed by atoms with Gasteiger partial charge in [-0.15, -0.1) is 0 Å². The van der Waals surface area contributed by atoms with Crippen LogP contribution in [0.25, 0.3) is 10.9 Å². The summed E-state index contributed by atoms with van der Waals surface area (Å²) >= 11 is 0. The van der Waals surface area contributed by atoms with Crippen LogP contribution in [0.3, 0.4) is 0 Å². The summed E-state index contributed by atoms with van der Waals surface area (Å²) in [4.78, 5) is 13.0. The zero-order valence-corrected chi connectivity index (χ0v) is 15.9. The average molecular weight is 365 g/mol. The molecule has 1 heterocycles. The number of hydrogen-bond acceptors (Lipinski definition) is 4. The fourth-order valence-electron chi connectivity index (χ4n) is 3.32. The van der Waals surface area contributed by atoms with Gasteiger partial charge in [0, 0.05) is 17.8 Å². The van der Waals surface area contributed by atoms with Crippen molar-refractivity contribution in [1.82, 2.24) is 9.97 Å². The Balaban J connectivity index is 1.90. The number of benzene rings is 2. The molecule has 1 aromatic heterocycles. The van der Waals surface area contributed by atoms with E-state index in [0.717, 1.165) is 16.5 Å². The van der Waals surface area contributed by atoms with Crippen LogP contribution in [0.15, 0.2) is 59.7 Å². The molecule has 27 heavy (non-hydrogen) atoms. The Kier molecular flexibility index (Phi) is 5.33. The molecule has 1 atom stereocenters. The van der Waals surface area contributed by atoms with Crippen molar-refractivity contribution in [1.29, 1.82) is 0 Å². The molecular weight excluding hydrogens is 341 g/mol.